The van der Waals surface area contributed by atoms with Crippen molar-refractivity contribution in [1.29, 1.82) is 0 Å². The van der Waals surface area contributed by atoms with Crippen molar-refractivity contribution in [2.24, 2.45) is 0 Å². The molecule has 0 amide bonds. The van der Waals surface area contributed by atoms with Crippen molar-refractivity contribution < 1.29 is 18.0 Å². The highest BCUT2D eigenvalue weighted by Gasteiger charge is 2.32. The fourth-order valence-corrected chi connectivity index (χ4v) is 1.73. The topological polar surface area (TPSA) is 17.1 Å². The summed E-state index contributed by atoms with van der Waals surface area (Å²) in [7, 11) is 0. The fraction of sp³-hybridized carbons (Fsp3) is 0.250. The summed E-state index contributed by atoms with van der Waals surface area (Å²) in [5.74, 6) is 5.61. The van der Waals surface area contributed by atoms with Crippen molar-refractivity contribution in [2.45, 2.75) is 13.1 Å². The maximum absolute atomic E-state index is 12.4. The minimum atomic E-state index is -4.46. The maximum atomic E-state index is 12.4. The Balaban J connectivity index is 2.82. The lowest BCUT2D eigenvalue weighted by atomic mass is 10.1. The van der Waals surface area contributed by atoms with Crippen LogP contribution >= 0.6 is 23.4 Å². The van der Waals surface area contributed by atoms with Gasteiger partial charge in [0.15, 0.2) is 5.12 Å². The second-order valence-corrected chi connectivity index (χ2v) is 4.83. The Kier molecular flexibility index (Phi) is 5.12. The molecule has 0 bridgehead atoms. The summed E-state index contributed by atoms with van der Waals surface area (Å²) in [6.07, 6.45) is -4.46. The lowest BCUT2D eigenvalue weighted by Crippen LogP contribution is -2.05. The molecular formula is C12H8ClF3OS. The van der Waals surface area contributed by atoms with Gasteiger partial charge < -0.3 is 0 Å². The van der Waals surface area contributed by atoms with Gasteiger partial charge in [-0.2, -0.15) is 13.2 Å². The first kappa shape index (κ1) is 14.9. The number of rotatable bonds is 1. The Bertz CT molecular complexity index is 514. The molecule has 1 rings (SSSR count). The van der Waals surface area contributed by atoms with Crippen molar-refractivity contribution in [3.8, 4) is 11.8 Å². The number of hydrogen-bond acceptors (Lipinski definition) is 2. The lowest BCUT2D eigenvalue weighted by molar-refractivity contribution is -0.137. The summed E-state index contributed by atoms with van der Waals surface area (Å²) in [5, 5.41) is -0.441. The molecule has 0 N–H and O–H groups in total. The molecule has 0 fully saturated rings. The highest BCUT2D eigenvalue weighted by Crippen LogP contribution is 2.34. The molecule has 18 heavy (non-hydrogen) atoms. The van der Waals surface area contributed by atoms with Crippen molar-refractivity contribution >= 4 is 28.5 Å². The predicted molar refractivity (Wildman–Crippen MR) is 66.5 cm³/mol. The molecule has 0 unspecified atom stereocenters. The van der Waals surface area contributed by atoms with Crippen LogP contribution in [0.4, 0.5) is 13.2 Å². The quantitative estimate of drug-likeness (QED) is 0.728. The average molecular weight is 293 g/mol. The molecule has 0 aromatic heterocycles. The van der Waals surface area contributed by atoms with Crippen LogP contribution in [-0.4, -0.2) is 10.9 Å². The summed E-state index contributed by atoms with van der Waals surface area (Å²) < 4.78 is 37.2. The van der Waals surface area contributed by atoms with Crippen molar-refractivity contribution in [3.63, 3.8) is 0 Å². The van der Waals surface area contributed by atoms with E-state index in [1.54, 1.807) is 0 Å². The second kappa shape index (κ2) is 6.17. The Morgan fingerprint density at radius 1 is 1.44 bits per heavy atom. The molecule has 1 nitrogen and oxygen atoms in total. The number of carbonyl (C=O) groups is 1. The summed E-state index contributed by atoms with van der Waals surface area (Å²) >= 11 is 6.57. The lowest BCUT2D eigenvalue weighted by Gasteiger charge is -2.08. The molecule has 0 aliphatic heterocycles. The highest BCUT2D eigenvalue weighted by atomic mass is 35.5. The van der Waals surface area contributed by atoms with E-state index in [0.29, 0.717) is 11.3 Å². The van der Waals surface area contributed by atoms with Crippen molar-refractivity contribution in [2.75, 3.05) is 5.75 Å². The molecule has 0 spiro atoms. The zero-order valence-electron chi connectivity index (χ0n) is 9.27. The average Bonchev–Trinajstić information content (AvgIpc) is 2.22. The Morgan fingerprint density at radius 2 is 2.11 bits per heavy atom. The third-order valence-corrected chi connectivity index (χ3v) is 2.86. The van der Waals surface area contributed by atoms with Gasteiger partial charge in [-0.1, -0.05) is 35.2 Å². The Labute approximate surface area is 112 Å². The normalized spacial score (nSPS) is 10.7. The monoisotopic (exact) mass is 292 g/mol. The summed E-state index contributed by atoms with van der Waals surface area (Å²) in [6.45, 7) is 1.42. The number of benzene rings is 1. The van der Waals surface area contributed by atoms with Gasteiger partial charge in [0, 0.05) is 12.5 Å². The van der Waals surface area contributed by atoms with Gasteiger partial charge in [0.05, 0.1) is 16.3 Å². The maximum Gasteiger partial charge on any atom is 0.417 e. The molecule has 0 saturated carbocycles. The molecule has 96 valence electrons. The van der Waals surface area contributed by atoms with Crippen LogP contribution in [0.15, 0.2) is 18.2 Å². The van der Waals surface area contributed by atoms with E-state index in [1.807, 2.05) is 0 Å². The molecule has 6 heteroatoms. The van der Waals surface area contributed by atoms with Crippen LogP contribution in [0.25, 0.3) is 0 Å². The van der Waals surface area contributed by atoms with E-state index in [-0.39, 0.29) is 10.1 Å². The number of halogens is 4. The van der Waals surface area contributed by atoms with Crippen LogP contribution in [0.2, 0.25) is 5.02 Å². The van der Waals surface area contributed by atoms with Crippen LogP contribution in [0, 0.1) is 11.8 Å². The van der Waals surface area contributed by atoms with E-state index in [2.05, 4.69) is 11.8 Å². The molecule has 0 radical (unpaired) electrons. The summed E-state index contributed by atoms with van der Waals surface area (Å²) in [6, 6.07) is 3.31. The van der Waals surface area contributed by atoms with E-state index in [4.69, 9.17) is 11.6 Å². The Hall–Kier alpha value is -1.12. The number of thioether (sulfide) groups is 1. The van der Waals surface area contributed by atoms with Crippen LogP contribution < -0.4 is 0 Å². The SMILES string of the molecule is CC(=O)SCC#Cc1ccc(C(F)(F)F)c(Cl)c1. The number of hydrogen-bond donors (Lipinski definition) is 0. The summed E-state index contributed by atoms with van der Waals surface area (Å²) in [4.78, 5) is 10.6. The minimum Gasteiger partial charge on any atom is -0.288 e. The van der Waals surface area contributed by atoms with Gasteiger partial charge >= 0.3 is 6.18 Å². The van der Waals surface area contributed by atoms with E-state index in [0.717, 1.165) is 23.9 Å². The van der Waals surface area contributed by atoms with Gasteiger partial charge in [0.1, 0.15) is 0 Å². The molecule has 1 aromatic rings. The van der Waals surface area contributed by atoms with E-state index < -0.39 is 11.7 Å². The first-order chi connectivity index (χ1) is 8.30. The van der Waals surface area contributed by atoms with Crippen LogP contribution in [0.5, 0.6) is 0 Å². The van der Waals surface area contributed by atoms with Gasteiger partial charge in [0.2, 0.25) is 0 Å². The van der Waals surface area contributed by atoms with Gasteiger partial charge in [-0.15, -0.1) is 0 Å². The third-order valence-electron chi connectivity index (χ3n) is 1.85. The van der Waals surface area contributed by atoms with Crippen LogP contribution in [0.3, 0.4) is 0 Å². The smallest absolute Gasteiger partial charge is 0.288 e. The van der Waals surface area contributed by atoms with E-state index in [1.165, 1.54) is 13.0 Å². The van der Waals surface area contributed by atoms with E-state index >= 15 is 0 Å². The fourth-order valence-electron chi connectivity index (χ4n) is 1.10. The molecule has 1 aromatic carbocycles. The molecule has 0 aliphatic carbocycles. The third kappa shape index (κ3) is 4.63. The zero-order chi connectivity index (χ0) is 13.8. The van der Waals surface area contributed by atoms with Gasteiger partial charge in [0.25, 0.3) is 0 Å². The Morgan fingerprint density at radius 3 is 2.61 bits per heavy atom. The predicted octanol–water partition coefficient (Wildman–Crippen LogP) is 3.99. The number of carbonyl (C=O) groups excluding carboxylic acids is 1. The largest absolute Gasteiger partial charge is 0.417 e. The van der Waals surface area contributed by atoms with Crippen molar-refractivity contribution in [3.05, 3.63) is 34.3 Å². The minimum absolute atomic E-state index is 0.0604. The van der Waals surface area contributed by atoms with E-state index in [9.17, 15) is 18.0 Å². The van der Waals surface area contributed by atoms with Crippen molar-refractivity contribution in [1.82, 2.24) is 0 Å². The van der Waals surface area contributed by atoms with Gasteiger partial charge in [-0.3, -0.25) is 4.79 Å². The standard InChI is InChI=1S/C12H8ClF3OS/c1-8(17)18-6-2-3-9-4-5-10(11(13)7-9)12(14,15)16/h4-5,7H,6H2,1H3. The molecular weight excluding hydrogens is 285 g/mol. The zero-order valence-corrected chi connectivity index (χ0v) is 10.8. The molecule has 0 saturated heterocycles. The summed E-state index contributed by atoms with van der Waals surface area (Å²) in [5.41, 5.74) is -0.495. The molecule has 0 atom stereocenters. The van der Waals surface area contributed by atoms with Crippen LogP contribution in [0.1, 0.15) is 18.1 Å². The first-order valence-corrected chi connectivity index (χ1v) is 6.16. The van der Waals surface area contributed by atoms with Crippen LogP contribution in [-0.2, 0) is 11.0 Å². The molecule has 0 aliphatic rings. The second-order valence-electron chi connectivity index (χ2n) is 3.27. The highest BCUT2D eigenvalue weighted by molar-refractivity contribution is 8.13. The number of alkyl halides is 3. The van der Waals surface area contributed by atoms with Gasteiger partial charge in [-0.05, 0) is 18.2 Å². The van der Waals surface area contributed by atoms with Gasteiger partial charge in [-0.25, -0.2) is 0 Å². The first-order valence-electron chi connectivity index (χ1n) is 4.79. The molecule has 0 heterocycles.